The van der Waals surface area contributed by atoms with Crippen molar-refractivity contribution in [1.82, 2.24) is 15.5 Å². The summed E-state index contributed by atoms with van der Waals surface area (Å²) in [4.78, 5) is 39.8. The average Bonchev–Trinajstić information content (AvgIpc) is 3.22. The van der Waals surface area contributed by atoms with Gasteiger partial charge in [-0.1, -0.05) is 19.9 Å². The molecule has 0 radical (unpaired) electrons. The molecule has 4 fully saturated rings. The van der Waals surface area contributed by atoms with Gasteiger partial charge in [0.1, 0.15) is 17.5 Å². The summed E-state index contributed by atoms with van der Waals surface area (Å²) in [5, 5.41) is 6.29. The first-order valence-electron chi connectivity index (χ1n) is 13.0. The van der Waals surface area contributed by atoms with Gasteiger partial charge in [-0.2, -0.15) is 0 Å². The summed E-state index contributed by atoms with van der Waals surface area (Å²) in [5.41, 5.74) is 1.01. The molecule has 3 atom stereocenters. The van der Waals surface area contributed by atoms with E-state index in [9.17, 15) is 18.8 Å². The molecule has 4 saturated carbocycles. The van der Waals surface area contributed by atoms with Crippen LogP contribution < -0.4 is 10.6 Å². The molecular formula is C27H36FN3O5. The third-order valence-corrected chi connectivity index (χ3v) is 8.57. The number of esters is 1. The number of halogens is 1. The van der Waals surface area contributed by atoms with Crippen molar-refractivity contribution >= 4 is 18.0 Å². The summed E-state index contributed by atoms with van der Waals surface area (Å²) in [5.74, 6) is -0.0443. The molecule has 0 aromatic heterocycles. The summed E-state index contributed by atoms with van der Waals surface area (Å²) < 4.78 is 24.5. The van der Waals surface area contributed by atoms with Crippen LogP contribution in [0.5, 0.6) is 0 Å². The predicted molar refractivity (Wildman–Crippen MR) is 129 cm³/mol. The number of hydrogen-bond acceptors (Lipinski definition) is 6. The fourth-order valence-corrected chi connectivity index (χ4v) is 7.40. The molecule has 2 unspecified atom stereocenters. The Morgan fingerprint density at radius 1 is 1.11 bits per heavy atom. The number of rotatable bonds is 7. The molecule has 36 heavy (non-hydrogen) atoms. The van der Waals surface area contributed by atoms with Gasteiger partial charge in [0.25, 0.3) is 0 Å². The Balaban J connectivity index is 1.22. The number of hydrogen-bond donors (Lipinski definition) is 2. The molecule has 6 rings (SSSR count). The van der Waals surface area contributed by atoms with Crippen molar-refractivity contribution < 1.29 is 28.2 Å². The normalized spacial score (nSPS) is 30.8. The highest BCUT2D eigenvalue weighted by Gasteiger charge is 2.59. The summed E-state index contributed by atoms with van der Waals surface area (Å²) in [6, 6.07) is 3.93. The SMILES string of the molecule is COC(=O)[C@@H](NC(=O)OC12CC3CC(CC(NCC(=O)N4Cc5ccc(F)cc5C4)(C3)C1)C2)C(C)C. The molecule has 8 nitrogen and oxygen atoms in total. The van der Waals surface area contributed by atoms with Crippen LogP contribution in [-0.2, 0) is 32.2 Å². The van der Waals surface area contributed by atoms with E-state index in [1.165, 1.54) is 19.2 Å². The van der Waals surface area contributed by atoms with Gasteiger partial charge in [-0.25, -0.2) is 14.0 Å². The van der Waals surface area contributed by atoms with E-state index in [2.05, 4.69) is 10.6 Å². The van der Waals surface area contributed by atoms with Gasteiger partial charge in [0.15, 0.2) is 0 Å². The van der Waals surface area contributed by atoms with Crippen LogP contribution in [-0.4, -0.2) is 53.7 Å². The topological polar surface area (TPSA) is 97.0 Å². The predicted octanol–water partition coefficient (Wildman–Crippen LogP) is 3.27. The summed E-state index contributed by atoms with van der Waals surface area (Å²) in [6.07, 6.45) is 4.74. The van der Waals surface area contributed by atoms with Gasteiger partial charge >= 0.3 is 12.1 Å². The zero-order valence-corrected chi connectivity index (χ0v) is 21.3. The minimum atomic E-state index is -0.765. The number of methoxy groups -OCH3 is 1. The lowest BCUT2D eigenvalue weighted by Gasteiger charge is -2.61. The summed E-state index contributed by atoms with van der Waals surface area (Å²) >= 11 is 0. The van der Waals surface area contributed by atoms with Gasteiger partial charge < -0.3 is 25.0 Å². The van der Waals surface area contributed by atoms with E-state index in [1.807, 2.05) is 13.8 Å². The summed E-state index contributed by atoms with van der Waals surface area (Å²) in [7, 11) is 1.31. The number of fused-ring (bicyclic) bond motifs is 1. The van der Waals surface area contributed by atoms with Gasteiger partial charge in [-0.05, 0) is 73.1 Å². The molecule has 196 valence electrons. The van der Waals surface area contributed by atoms with Crippen molar-refractivity contribution in [3.8, 4) is 0 Å². The number of amides is 2. The highest BCUT2D eigenvalue weighted by atomic mass is 19.1. The maximum absolute atomic E-state index is 13.6. The van der Waals surface area contributed by atoms with E-state index in [-0.39, 0.29) is 29.7 Å². The zero-order valence-electron chi connectivity index (χ0n) is 21.3. The second-order valence-electron chi connectivity index (χ2n) is 11.7. The van der Waals surface area contributed by atoms with Crippen molar-refractivity contribution in [2.45, 2.75) is 82.6 Å². The second kappa shape index (κ2) is 9.32. The van der Waals surface area contributed by atoms with Crippen molar-refractivity contribution in [2.75, 3.05) is 13.7 Å². The smallest absolute Gasteiger partial charge is 0.408 e. The first-order chi connectivity index (χ1) is 17.1. The molecule has 1 aromatic carbocycles. The third kappa shape index (κ3) is 4.82. The van der Waals surface area contributed by atoms with E-state index in [4.69, 9.17) is 9.47 Å². The van der Waals surface area contributed by atoms with Gasteiger partial charge in [0.2, 0.25) is 5.91 Å². The van der Waals surface area contributed by atoms with Crippen LogP contribution in [0.2, 0.25) is 0 Å². The molecular weight excluding hydrogens is 465 g/mol. The Hall–Kier alpha value is -2.68. The number of carbonyl (C=O) groups excluding carboxylic acids is 3. The van der Waals surface area contributed by atoms with E-state index in [0.29, 0.717) is 31.3 Å². The molecule has 2 N–H and O–H groups in total. The number of benzene rings is 1. The van der Waals surface area contributed by atoms with Gasteiger partial charge in [-0.15, -0.1) is 0 Å². The maximum Gasteiger partial charge on any atom is 0.408 e. The molecule has 1 heterocycles. The Morgan fingerprint density at radius 2 is 1.81 bits per heavy atom. The highest BCUT2D eigenvalue weighted by Crippen LogP contribution is 2.58. The quantitative estimate of drug-likeness (QED) is 0.557. The van der Waals surface area contributed by atoms with Crippen LogP contribution in [0, 0.1) is 23.6 Å². The zero-order chi connectivity index (χ0) is 25.7. The summed E-state index contributed by atoms with van der Waals surface area (Å²) in [6.45, 7) is 4.82. The van der Waals surface area contributed by atoms with Crippen LogP contribution in [0.1, 0.15) is 63.5 Å². The number of nitrogens with one attached hydrogen (secondary N) is 2. The Bertz CT molecular complexity index is 1050. The van der Waals surface area contributed by atoms with Gasteiger partial charge in [0, 0.05) is 25.0 Å². The second-order valence-corrected chi connectivity index (χ2v) is 11.7. The number of carbonyl (C=O) groups is 3. The standard InChI is InChI=1S/C27H36FN3O5/c1-16(2)23(24(33)35-3)30-25(34)36-27-10-17-6-18(11-27)9-26(8-17,15-27)29-12-22(32)31-13-19-4-5-21(28)7-20(19)14-31/h4-5,7,16-18,23,29H,6,8-15H2,1-3H3,(H,30,34)/t17?,18?,23-,26?,27?/m0/s1. The first kappa shape index (κ1) is 25.0. The van der Waals surface area contributed by atoms with Crippen molar-refractivity contribution in [3.63, 3.8) is 0 Å². The van der Waals surface area contributed by atoms with E-state index >= 15 is 0 Å². The molecule has 0 spiro atoms. The lowest BCUT2D eigenvalue weighted by molar-refractivity contribution is -0.151. The van der Waals surface area contributed by atoms with E-state index < -0.39 is 23.7 Å². The number of ether oxygens (including phenoxy) is 2. The van der Waals surface area contributed by atoms with Gasteiger partial charge in [-0.3, -0.25) is 4.79 Å². The van der Waals surface area contributed by atoms with Crippen LogP contribution in [0.3, 0.4) is 0 Å². The van der Waals surface area contributed by atoms with Crippen molar-refractivity contribution in [1.29, 1.82) is 0 Å². The number of nitrogens with zero attached hydrogens (tertiary/aromatic N) is 1. The molecule has 0 saturated heterocycles. The fraction of sp³-hybridized carbons (Fsp3) is 0.667. The van der Waals surface area contributed by atoms with Crippen molar-refractivity contribution in [2.24, 2.45) is 17.8 Å². The molecule has 9 heteroatoms. The molecule has 4 aliphatic carbocycles. The first-order valence-corrected chi connectivity index (χ1v) is 13.0. The Labute approximate surface area is 211 Å². The maximum atomic E-state index is 13.6. The largest absolute Gasteiger partial charge is 0.467 e. The van der Waals surface area contributed by atoms with Crippen LogP contribution >= 0.6 is 0 Å². The average molecular weight is 502 g/mol. The number of alkyl carbamates (subject to hydrolysis) is 1. The van der Waals surface area contributed by atoms with E-state index in [0.717, 1.165) is 43.2 Å². The van der Waals surface area contributed by atoms with Crippen LogP contribution in [0.15, 0.2) is 18.2 Å². The Kier molecular flexibility index (Phi) is 6.47. The monoisotopic (exact) mass is 501 g/mol. The molecule has 2 amide bonds. The molecule has 1 aromatic rings. The van der Waals surface area contributed by atoms with E-state index in [1.54, 1.807) is 11.0 Å². The highest BCUT2D eigenvalue weighted by molar-refractivity contribution is 5.81. The Morgan fingerprint density at radius 3 is 2.47 bits per heavy atom. The third-order valence-electron chi connectivity index (χ3n) is 8.57. The van der Waals surface area contributed by atoms with Crippen molar-refractivity contribution in [3.05, 3.63) is 35.1 Å². The lowest BCUT2D eigenvalue weighted by Crippen LogP contribution is -2.66. The lowest BCUT2D eigenvalue weighted by atomic mass is 9.51. The van der Waals surface area contributed by atoms with Crippen LogP contribution in [0.4, 0.5) is 9.18 Å². The molecule has 5 aliphatic rings. The molecule has 1 aliphatic heterocycles. The minimum Gasteiger partial charge on any atom is -0.467 e. The minimum absolute atomic E-state index is 0.00656. The van der Waals surface area contributed by atoms with Crippen LogP contribution in [0.25, 0.3) is 0 Å². The molecule has 4 bridgehead atoms. The van der Waals surface area contributed by atoms with Gasteiger partial charge in [0.05, 0.1) is 13.7 Å². The fourth-order valence-electron chi connectivity index (χ4n) is 7.40.